The van der Waals surface area contributed by atoms with Crippen molar-refractivity contribution < 1.29 is 14.4 Å². The Kier molecular flexibility index (Phi) is 5.84. The van der Waals surface area contributed by atoms with E-state index in [0.717, 1.165) is 41.4 Å². The second kappa shape index (κ2) is 8.69. The number of likely N-dealkylation sites (tertiary alicyclic amines) is 1. The van der Waals surface area contributed by atoms with E-state index in [-0.39, 0.29) is 5.91 Å². The number of amides is 3. The number of nitrogens with zero attached hydrogens (tertiary/aromatic N) is 3. The monoisotopic (exact) mass is 413 g/mol. The number of nitrogens with one attached hydrogen (secondary N) is 2. The lowest BCUT2D eigenvalue weighted by Gasteiger charge is -2.15. The molecule has 2 aliphatic rings. The molecule has 3 amide bonds. The maximum Gasteiger partial charge on any atom is 0.314 e. The molecule has 8 nitrogen and oxygen atoms in total. The van der Waals surface area contributed by atoms with Crippen LogP contribution in [-0.2, 0) is 25.9 Å². The van der Waals surface area contributed by atoms with Crippen molar-refractivity contribution in [3.63, 3.8) is 0 Å². The first kappa shape index (κ1) is 19.5. The van der Waals surface area contributed by atoms with E-state index in [9.17, 15) is 14.4 Å². The summed E-state index contributed by atoms with van der Waals surface area (Å²) < 4.78 is 1.69. The summed E-state index contributed by atoms with van der Waals surface area (Å²) in [6.07, 6.45) is 2.12. The summed E-state index contributed by atoms with van der Waals surface area (Å²) in [4.78, 5) is 38.1. The maximum atomic E-state index is 12.5. The lowest BCUT2D eigenvalue weighted by Crippen LogP contribution is -2.37. The molecule has 4 rings (SSSR count). The van der Waals surface area contributed by atoms with E-state index in [2.05, 4.69) is 15.7 Å². The molecule has 1 aromatic carbocycles. The first-order chi connectivity index (χ1) is 14.1. The number of aromatic nitrogens is 2. The molecule has 152 valence electrons. The molecule has 29 heavy (non-hydrogen) atoms. The summed E-state index contributed by atoms with van der Waals surface area (Å²) in [6, 6.07) is 9.54. The van der Waals surface area contributed by atoms with Crippen LogP contribution in [0.2, 0.25) is 0 Å². The first-order valence-electron chi connectivity index (χ1n) is 9.74. The fourth-order valence-corrected chi connectivity index (χ4v) is 4.59. The van der Waals surface area contributed by atoms with Crippen LogP contribution in [0, 0.1) is 0 Å². The summed E-state index contributed by atoms with van der Waals surface area (Å²) in [5.74, 6) is 0.869. The zero-order valence-corrected chi connectivity index (χ0v) is 16.8. The van der Waals surface area contributed by atoms with E-state index in [0.29, 0.717) is 31.7 Å². The molecular formula is C20H23N5O3S. The molecule has 1 aromatic heterocycles. The average Bonchev–Trinajstić information content (AvgIpc) is 3.43. The summed E-state index contributed by atoms with van der Waals surface area (Å²) in [5, 5.41) is 10.00. The van der Waals surface area contributed by atoms with Crippen molar-refractivity contribution in [3.05, 3.63) is 41.6 Å². The lowest BCUT2D eigenvalue weighted by atomic mass is 10.2. The zero-order valence-electron chi connectivity index (χ0n) is 16.0. The molecule has 2 N–H and O–H groups in total. The normalized spacial score (nSPS) is 15.4. The van der Waals surface area contributed by atoms with Crippen molar-refractivity contribution in [2.45, 2.75) is 30.8 Å². The van der Waals surface area contributed by atoms with Gasteiger partial charge in [-0.25, -0.2) is 4.68 Å². The number of hydrogen-bond acceptors (Lipinski definition) is 5. The number of carbonyl (C=O) groups excluding carboxylic acids is 3. The Balaban J connectivity index is 1.36. The van der Waals surface area contributed by atoms with E-state index in [4.69, 9.17) is 0 Å². The topological polar surface area (TPSA) is 96.3 Å². The molecule has 0 aliphatic carbocycles. The molecule has 0 atom stereocenters. The van der Waals surface area contributed by atoms with Gasteiger partial charge in [0, 0.05) is 43.1 Å². The summed E-state index contributed by atoms with van der Waals surface area (Å²) in [6.45, 7) is 1.73. The second-order valence-corrected chi connectivity index (χ2v) is 8.05. The van der Waals surface area contributed by atoms with Crippen LogP contribution in [0.5, 0.6) is 0 Å². The highest BCUT2D eigenvalue weighted by Gasteiger charge is 2.26. The fourth-order valence-electron chi connectivity index (χ4n) is 3.55. The third-order valence-corrected chi connectivity index (χ3v) is 6.02. The van der Waals surface area contributed by atoms with Gasteiger partial charge in [0.2, 0.25) is 5.91 Å². The van der Waals surface area contributed by atoms with Crippen LogP contribution in [-0.4, -0.2) is 52.0 Å². The zero-order chi connectivity index (χ0) is 20.2. The van der Waals surface area contributed by atoms with Crippen LogP contribution in [0.4, 0.5) is 5.82 Å². The first-order valence-corrected chi connectivity index (χ1v) is 10.9. The number of anilines is 1. The van der Waals surface area contributed by atoms with Crippen LogP contribution in [0.25, 0.3) is 5.69 Å². The van der Waals surface area contributed by atoms with Gasteiger partial charge in [0.25, 0.3) is 0 Å². The van der Waals surface area contributed by atoms with Crippen molar-refractivity contribution in [1.29, 1.82) is 0 Å². The van der Waals surface area contributed by atoms with Gasteiger partial charge >= 0.3 is 11.8 Å². The number of thioether (sulfide) groups is 1. The van der Waals surface area contributed by atoms with Gasteiger partial charge in [0.15, 0.2) is 0 Å². The van der Waals surface area contributed by atoms with Gasteiger partial charge in [-0.2, -0.15) is 16.9 Å². The molecule has 2 aliphatic heterocycles. The standard InChI is InChI=1S/C20H23N5O3S/c26-17-8-4-10-24(17)11-5-9-21-19(27)20(28)22-18-15-12-29-13-16(15)23-25(18)14-6-2-1-3-7-14/h1-3,6-7H,4-5,8-13H2,(H,21,27)(H,22,28). The number of hydrogen-bond donors (Lipinski definition) is 2. The molecular weight excluding hydrogens is 390 g/mol. The van der Waals surface area contributed by atoms with Crippen molar-refractivity contribution in [1.82, 2.24) is 20.0 Å². The van der Waals surface area contributed by atoms with Crippen molar-refractivity contribution in [2.75, 3.05) is 25.0 Å². The molecule has 3 heterocycles. The number of benzene rings is 1. The molecule has 0 radical (unpaired) electrons. The highest BCUT2D eigenvalue weighted by Crippen LogP contribution is 2.35. The highest BCUT2D eigenvalue weighted by atomic mass is 32.2. The lowest BCUT2D eigenvalue weighted by molar-refractivity contribution is -0.136. The quantitative estimate of drug-likeness (QED) is 0.555. The number of fused-ring (bicyclic) bond motifs is 1. The van der Waals surface area contributed by atoms with E-state index in [1.807, 2.05) is 30.3 Å². The molecule has 1 saturated heterocycles. The van der Waals surface area contributed by atoms with E-state index < -0.39 is 11.8 Å². The Morgan fingerprint density at radius 1 is 1.14 bits per heavy atom. The van der Waals surface area contributed by atoms with Crippen LogP contribution in [0.3, 0.4) is 0 Å². The van der Waals surface area contributed by atoms with Gasteiger partial charge in [0.1, 0.15) is 5.82 Å². The molecule has 0 unspecified atom stereocenters. The predicted molar refractivity (Wildman–Crippen MR) is 111 cm³/mol. The molecule has 9 heteroatoms. The van der Waals surface area contributed by atoms with Crippen molar-refractivity contribution in [3.8, 4) is 5.69 Å². The third kappa shape index (κ3) is 4.29. The number of rotatable bonds is 6. The number of para-hydroxylation sites is 1. The predicted octanol–water partition coefficient (Wildman–Crippen LogP) is 1.69. The molecule has 0 bridgehead atoms. The minimum atomic E-state index is -0.709. The Labute approximate surface area is 173 Å². The van der Waals surface area contributed by atoms with Crippen molar-refractivity contribution >= 4 is 35.3 Å². The van der Waals surface area contributed by atoms with Gasteiger partial charge in [0.05, 0.1) is 11.4 Å². The minimum absolute atomic E-state index is 0.162. The SMILES string of the molecule is O=C(NCCCN1CCCC1=O)C(=O)Nc1c2c(nn1-c1ccccc1)CSC2. The van der Waals surface area contributed by atoms with Crippen LogP contribution < -0.4 is 10.6 Å². The highest BCUT2D eigenvalue weighted by molar-refractivity contribution is 7.98. The largest absolute Gasteiger partial charge is 0.348 e. The van der Waals surface area contributed by atoms with Gasteiger partial charge in [-0.3, -0.25) is 14.4 Å². The van der Waals surface area contributed by atoms with Gasteiger partial charge in [-0.15, -0.1) is 0 Å². The van der Waals surface area contributed by atoms with Crippen molar-refractivity contribution in [2.24, 2.45) is 0 Å². The van der Waals surface area contributed by atoms with E-state index >= 15 is 0 Å². The smallest absolute Gasteiger partial charge is 0.314 e. The van der Waals surface area contributed by atoms with Gasteiger partial charge in [-0.05, 0) is 25.0 Å². The summed E-state index contributed by atoms with van der Waals surface area (Å²) >= 11 is 1.73. The maximum absolute atomic E-state index is 12.5. The molecule has 1 fully saturated rings. The summed E-state index contributed by atoms with van der Waals surface area (Å²) in [5.41, 5.74) is 2.73. The second-order valence-electron chi connectivity index (χ2n) is 7.06. The third-order valence-electron chi connectivity index (χ3n) is 5.05. The van der Waals surface area contributed by atoms with E-state index in [1.54, 1.807) is 21.3 Å². The number of carbonyl (C=O) groups is 3. The van der Waals surface area contributed by atoms with Crippen LogP contribution in [0.1, 0.15) is 30.5 Å². The molecule has 2 aromatic rings. The van der Waals surface area contributed by atoms with Crippen LogP contribution in [0.15, 0.2) is 30.3 Å². The van der Waals surface area contributed by atoms with E-state index in [1.165, 1.54) is 0 Å². The molecule has 0 saturated carbocycles. The summed E-state index contributed by atoms with van der Waals surface area (Å²) in [7, 11) is 0. The Bertz CT molecular complexity index is 928. The van der Waals surface area contributed by atoms with Crippen LogP contribution >= 0.6 is 11.8 Å². The molecule has 0 spiro atoms. The average molecular weight is 414 g/mol. The Morgan fingerprint density at radius 3 is 2.72 bits per heavy atom. The van der Waals surface area contributed by atoms with Gasteiger partial charge < -0.3 is 15.5 Å². The Morgan fingerprint density at radius 2 is 1.97 bits per heavy atom. The van der Waals surface area contributed by atoms with Gasteiger partial charge in [-0.1, -0.05) is 18.2 Å². The minimum Gasteiger partial charge on any atom is -0.348 e. The Hall–Kier alpha value is -2.81. The fraction of sp³-hybridized carbons (Fsp3) is 0.400.